The zero-order valence-electron chi connectivity index (χ0n) is 6.55. The van der Waals surface area contributed by atoms with Gasteiger partial charge in [-0.1, -0.05) is 28.1 Å². The number of hydrogen-bond donors (Lipinski definition) is 1. The summed E-state index contributed by atoms with van der Waals surface area (Å²) in [4.78, 5) is 4.33. The Kier molecular flexibility index (Phi) is 2.13. The fraction of sp³-hybridized carbons (Fsp3) is 0.222. The molecule has 0 aromatic heterocycles. The van der Waals surface area contributed by atoms with Crippen LogP contribution in [0.2, 0.25) is 0 Å². The summed E-state index contributed by atoms with van der Waals surface area (Å²) in [5, 5.41) is 3.23. The van der Waals surface area contributed by atoms with Crippen molar-refractivity contribution in [3.8, 4) is 0 Å². The molecule has 1 aromatic carbocycles. The maximum Gasteiger partial charge on any atom is 0.128 e. The smallest absolute Gasteiger partial charge is 0.128 e. The monoisotopic (exact) mass is 224 g/mol. The van der Waals surface area contributed by atoms with Gasteiger partial charge in [0.2, 0.25) is 0 Å². The predicted molar refractivity (Wildman–Crippen MR) is 53.5 cm³/mol. The van der Waals surface area contributed by atoms with Crippen LogP contribution in [0.4, 0.5) is 0 Å². The third kappa shape index (κ3) is 1.50. The Labute approximate surface area is 79.8 Å². The van der Waals surface area contributed by atoms with E-state index < -0.39 is 0 Å². The lowest BCUT2D eigenvalue weighted by atomic mass is 10.2. The topological polar surface area (TPSA) is 24.4 Å². The molecule has 0 saturated carbocycles. The number of benzene rings is 1. The molecular formula is C9H9BrN2. The van der Waals surface area contributed by atoms with Gasteiger partial charge in [0.25, 0.3) is 0 Å². The largest absolute Gasteiger partial charge is 0.368 e. The van der Waals surface area contributed by atoms with E-state index in [1.807, 2.05) is 12.1 Å². The van der Waals surface area contributed by atoms with Crippen molar-refractivity contribution in [3.63, 3.8) is 0 Å². The van der Waals surface area contributed by atoms with Crippen molar-refractivity contribution in [2.75, 3.05) is 13.1 Å². The highest BCUT2D eigenvalue weighted by molar-refractivity contribution is 9.10. The Balaban J connectivity index is 2.33. The lowest BCUT2D eigenvalue weighted by Crippen LogP contribution is -2.19. The highest BCUT2D eigenvalue weighted by Crippen LogP contribution is 2.12. The molecule has 2 rings (SSSR count). The fourth-order valence-corrected chi connectivity index (χ4v) is 1.63. The van der Waals surface area contributed by atoms with Crippen LogP contribution >= 0.6 is 15.9 Å². The minimum Gasteiger partial charge on any atom is -0.368 e. The summed E-state index contributed by atoms with van der Waals surface area (Å²) in [5.74, 6) is 1.01. The number of rotatable bonds is 1. The van der Waals surface area contributed by atoms with E-state index in [-0.39, 0.29) is 0 Å². The normalized spacial score (nSPS) is 15.6. The molecule has 0 fully saturated rings. The molecule has 0 atom stereocenters. The van der Waals surface area contributed by atoms with Crippen LogP contribution in [0, 0.1) is 0 Å². The van der Waals surface area contributed by atoms with Crippen LogP contribution in [0.15, 0.2) is 33.7 Å². The first-order valence-electron chi connectivity index (χ1n) is 3.90. The average Bonchev–Trinajstić information content (AvgIpc) is 2.56. The summed E-state index contributed by atoms with van der Waals surface area (Å²) in [5.41, 5.74) is 1.15. The molecule has 0 unspecified atom stereocenters. The van der Waals surface area contributed by atoms with E-state index >= 15 is 0 Å². The Morgan fingerprint density at radius 3 is 3.00 bits per heavy atom. The van der Waals surface area contributed by atoms with Crippen LogP contribution in [0.1, 0.15) is 5.56 Å². The van der Waals surface area contributed by atoms with E-state index in [1.54, 1.807) is 0 Å². The van der Waals surface area contributed by atoms with Crippen LogP contribution in [0.5, 0.6) is 0 Å². The van der Waals surface area contributed by atoms with Crippen molar-refractivity contribution in [3.05, 3.63) is 34.3 Å². The van der Waals surface area contributed by atoms with Gasteiger partial charge in [-0.3, -0.25) is 4.99 Å². The number of nitrogens with zero attached hydrogens (tertiary/aromatic N) is 1. The van der Waals surface area contributed by atoms with Crippen LogP contribution in [-0.4, -0.2) is 18.9 Å². The second-order valence-electron chi connectivity index (χ2n) is 2.67. The molecule has 3 heteroatoms. The molecule has 1 aliphatic rings. The van der Waals surface area contributed by atoms with E-state index in [0.717, 1.165) is 29.0 Å². The molecule has 0 bridgehead atoms. The predicted octanol–water partition coefficient (Wildman–Crippen LogP) is 1.80. The van der Waals surface area contributed by atoms with E-state index in [0.29, 0.717) is 0 Å². The van der Waals surface area contributed by atoms with Gasteiger partial charge in [0.05, 0.1) is 6.54 Å². The zero-order valence-corrected chi connectivity index (χ0v) is 8.13. The summed E-state index contributed by atoms with van der Waals surface area (Å²) in [7, 11) is 0. The number of aliphatic imine (C=N–C) groups is 1. The Bertz CT molecular complexity index is 320. The molecule has 0 aliphatic carbocycles. The van der Waals surface area contributed by atoms with Gasteiger partial charge in [0.15, 0.2) is 0 Å². The van der Waals surface area contributed by atoms with E-state index in [1.165, 1.54) is 0 Å². The number of hydrogen-bond acceptors (Lipinski definition) is 2. The maximum atomic E-state index is 4.33. The third-order valence-electron chi connectivity index (χ3n) is 1.77. The van der Waals surface area contributed by atoms with E-state index in [9.17, 15) is 0 Å². The molecular weight excluding hydrogens is 216 g/mol. The first kappa shape index (κ1) is 7.80. The Hall–Kier alpha value is -0.830. The summed E-state index contributed by atoms with van der Waals surface area (Å²) < 4.78 is 1.09. The summed E-state index contributed by atoms with van der Waals surface area (Å²) >= 11 is 3.43. The fourth-order valence-electron chi connectivity index (χ4n) is 1.23. The molecule has 12 heavy (non-hydrogen) atoms. The van der Waals surface area contributed by atoms with Crippen molar-refractivity contribution in [1.29, 1.82) is 0 Å². The van der Waals surface area contributed by atoms with E-state index in [4.69, 9.17) is 0 Å². The summed E-state index contributed by atoms with van der Waals surface area (Å²) in [6.07, 6.45) is 0. The van der Waals surface area contributed by atoms with Crippen LogP contribution in [0.25, 0.3) is 0 Å². The Morgan fingerprint density at radius 2 is 2.33 bits per heavy atom. The van der Waals surface area contributed by atoms with Crippen molar-refractivity contribution in [1.82, 2.24) is 5.32 Å². The first-order valence-corrected chi connectivity index (χ1v) is 4.70. The van der Waals surface area contributed by atoms with Gasteiger partial charge in [-0.2, -0.15) is 0 Å². The van der Waals surface area contributed by atoms with Gasteiger partial charge in [-0.25, -0.2) is 0 Å². The highest BCUT2D eigenvalue weighted by Gasteiger charge is 2.06. The summed E-state index contributed by atoms with van der Waals surface area (Å²) in [6.45, 7) is 1.85. The zero-order chi connectivity index (χ0) is 8.39. The molecule has 1 N–H and O–H groups in total. The highest BCUT2D eigenvalue weighted by atomic mass is 79.9. The minimum atomic E-state index is 0.891. The molecule has 0 amide bonds. The van der Waals surface area contributed by atoms with Gasteiger partial charge >= 0.3 is 0 Å². The maximum absolute atomic E-state index is 4.33. The van der Waals surface area contributed by atoms with Crippen LogP contribution in [0.3, 0.4) is 0 Å². The Morgan fingerprint density at radius 1 is 1.42 bits per heavy atom. The van der Waals surface area contributed by atoms with E-state index in [2.05, 4.69) is 38.4 Å². The van der Waals surface area contributed by atoms with Crippen molar-refractivity contribution >= 4 is 21.8 Å². The lowest BCUT2D eigenvalue weighted by Gasteiger charge is -2.01. The molecule has 1 heterocycles. The van der Waals surface area contributed by atoms with Gasteiger partial charge < -0.3 is 5.32 Å². The second-order valence-corrected chi connectivity index (χ2v) is 3.58. The minimum absolute atomic E-state index is 0.891. The van der Waals surface area contributed by atoms with Crippen LogP contribution in [-0.2, 0) is 0 Å². The lowest BCUT2D eigenvalue weighted by molar-refractivity contribution is 0.960. The first-order chi connectivity index (χ1) is 5.86. The number of halogens is 1. The van der Waals surface area contributed by atoms with Gasteiger partial charge in [-0.05, 0) is 12.1 Å². The molecule has 62 valence electrons. The SMILES string of the molecule is Brc1cccc(C2=NCCN2)c1. The quantitative estimate of drug-likeness (QED) is 0.774. The number of nitrogens with one attached hydrogen (secondary N) is 1. The molecule has 0 saturated heterocycles. The van der Waals surface area contributed by atoms with Crippen molar-refractivity contribution in [2.24, 2.45) is 4.99 Å². The van der Waals surface area contributed by atoms with Gasteiger partial charge in [0.1, 0.15) is 5.84 Å². The standard InChI is InChI=1S/C9H9BrN2/c10-8-3-1-2-7(6-8)9-11-4-5-12-9/h1-3,6H,4-5H2,(H,11,12). The van der Waals surface area contributed by atoms with Gasteiger partial charge in [-0.15, -0.1) is 0 Å². The second kappa shape index (κ2) is 3.27. The van der Waals surface area contributed by atoms with Crippen molar-refractivity contribution < 1.29 is 0 Å². The molecule has 0 radical (unpaired) electrons. The molecule has 0 spiro atoms. The molecule has 2 nitrogen and oxygen atoms in total. The van der Waals surface area contributed by atoms with Crippen LogP contribution < -0.4 is 5.32 Å². The van der Waals surface area contributed by atoms with Gasteiger partial charge in [0, 0.05) is 16.6 Å². The average molecular weight is 225 g/mol. The van der Waals surface area contributed by atoms with Crippen molar-refractivity contribution in [2.45, 2.75) is 0 Å². The third-order valence-corrected chi connectivity index (χ3v) is 2.27. The molecule has 1 aromatic rings. The number of amidine groups is 1. The molecule has 1 aliphatic heterocycles. The summed E-state index contributed by atoms with van der Waals surface area (Å²) in [6, 6.07) is 8.15.